The molecule has 0 saturated carbocycles. The normalized spacial score (nSPS) is 9.83. The molecule has 0 aromatic heterocycles. The van der Waals surface area contributed by atoms with E-state index in [1.54, 1.807) is 54.6 Å². The topological polar surface area (TPSA) is 105 Å². The summed E-state index contributed by atoms with van der Waals surface area (Å²) in [5.74, 6) is 4.32. The van der Waals surface area contributed by atoms with Gasteiger partial charge in [0.15, 0.2) is 0 Å². The Hall–Kier alpha value is -6.72. The summed E-state index contributed by atoms with van der Waals surface area (Å²) in [6.45, 7) is 13.7. The molecule has 0 N–H and O–H groups in total. The van der Waals surface area contributed by atoms with E-state index >= 15 is 0 Å². The van der Waals surface area contributed by atoms with E-state index in [0.29, 0.717) is 28.2 Å². The Morgan fingerprint density at radius 2 is 0.891 bits per heavy atom. The number of rotatable bonds is 10. The molecule has 4 aromatic rings. The Morgan fingerprint density at radius 1 is 0.478 bits per heavy atom. The molecule has 0 unspecified atom stereocenters. The van der Waals surface area contributed by atoms with Gasteiger partial charge in [0.2, 0.25) is 0 Å². The monoisotopic (exact) mass is 610 g/mol. The zero-order chi connectivity index (χ0) is 33.1. The van der Waals surface area contributed by atoms with Crippen LogP contribution in [0, 0.1) is 11.8 Å². The van der Waals surface area contributed by atoms with Gasteiger partial charge in [-0.2, -0.15) is 0 Å². The van der Waals surface area contributed by atoms with E-state index in [1.165, 1.54) is 6.07 Å². The molecule has 0 radical (unpaired) electrons. The number of esters is 4. The zero-order valence-corrected chi connectivity index (χ0v) is 24.5. The summed E-state index contributed by atoms with van der Waals surface area (Å²) < 4.78 is 21.3. The Labute approximate surface area is 265 Å². The highest BCUT2D eigenvalue weighted by Gasteiger charge is 2.17. The smallest absolute Gasteiger partial charge is 0.335 e. The third-order valence-electron chi connectivity index (χ3n) is 6.19. The highest BCUT2D eigenvalue weighted by atomic mass is 16.5. The predicted molar refractivity (Wildman–Crippen MR) is 173 cm³/mol. The van der Waals surface area contributed by atoms with Crippen LogP contribution in [-0.4, -0.2) is 23.9 Å². The lowest BCUT2D eigenvalue weighted by molar-refractivity contribution is -0.130. The van der Waals surface area contributed by atoms with Crippen molar-refractivity contribution < 1.29 is 38.1 Å². The standard InChI is InChI=1S/C38H26O8/c1-5-35(39)43-30-19-10-25(11-20-30)9-12-29-23-34(46-38(42)8-4)32(24-33(29)45-37(41)7-3)28-15-13-26(14-16-28)27-17-21-31(22-18-27)44-36(40)6-2/h5-8,10-11,13-24H,1-4H2. The van der Waals surface area contributed by atoms with Gasteiger partial charge in [0.05, 0.1) is 5.56 Å². The van der Waals surface area contributed by atoms with E-state index in [0.717, 1.165) is 35.4 Å². The fourth-order valence-electron chi connectivity index (χ4n) is 3.97. The molecular formula is C38H26O8. The van der Waals surface area contributed by atoms with Crippen molar-refractivity contribution in [2.24, 2.45) is 0 Å². The quantitative estimate of drug-likeness (QED) is 0.0837. The van der Waals surface area contributed by atoms with Crippen molar-refractivity contribution in [1.29, 1.82) is 0 Å². The number of benzene rings is 4. The summed E-state index contributed by atoms with van der Waals surface area (Å²) in [6, 6.07) is 23.8. The minimum atomic E-state index is -0.712. The van der Waals surface area contributed by atoms with Crippen molar-refractivity contribution in [2.45, 2.75) is 0 Å². The van der Waals surface area contributed by atoms with E-state index in [9.17, 15) is 19.2 Å². The van der Waals surface area contributed by atoms with Crippen molar-refractivity contribution >= 4 is 23.9 Å². The molecule has 46 heavy (non-hydrogen) atoms. The molecule has 4 rings (SSSR count). The van der Waals surface area contributed by atoms with Gasteiger partial charge < -0.3 is 18.9 Å². The summed E-state index contributed by atoms with van der Waals surface area (Å²) in [5, 5.41) is 0. The van der Waals surface area contributed by atoms with Gasteiger partial charge in [0.1, 0.15) is 23.0 Å². The van der Waals surface area contributed by atoms with E-state index in [1.807, 2.05) is 24.3 Å². The van der Waals surface area contributed by atoms with Gasteiger partial charge in [-0.1, -0.05) is 74.6 Å². The SMILES string of the molecule is C=CC(=O)Oc1ccc(C#Cc2cc(OC(=O)C=C)c(-c3ccc(-c4ccc(OC(=O)C=C)cc4)cc3)cc2OC(=O)C=C)cc1. The maximum absolute atomic E-state index is 12.3. The first kappa shape index (κ1) is 32.2. The van der Waals surface area contributed by atoms with Crippen LogP contribution in [0.1, 0.15) is 11.1 Å². The zero-order valence-electron chi connectivity index (χ0n) is 24.5. The van der Waals surface area contributed by atoms with Crippen LogP contribution in [0.5, 0.6) is 23.0 Å². The number of hydrogen-bond acceptors (Lipinski definition) is 8. The van der Waals surface area contributed by atoms with Crippen LogP contribution in [0.2, 0.25) is 0 Å². The fourth-order valence-corrected chi connectivity index (χ4v) is 3.97. The highest BCUT2D eigenvalue weighted by molar-refractivity contribution is 5.88. The van der Waals surface area contributed by atoms with Gasteiger partial charge in [-0.3, -0.25) is 0 Å². The Bertz CT molecular complexity index is 1900. The molecule has 0 bridgehead atoms. The summed E-state index contributed by atoms with van der Waals surface area (Å²) in [4.78, 5) is 47.4. The lowest BCUT2D eigenvalue weighted by Gasteiger charge is -2.14. The molecule has 226 valence electrons. The van der Waals surface area contributed by atoms with Gasteiger partial charge in [-0.25, -0.2) is 19.2 Å². The predicted octanol–water partition coefficient (Wildman–Crippen LogP) is 6.79. The van der Waals surface area contributed by atoms with Crippen molar-refractivity contribution in [3.8, 4) is 57.1 Å². The molecular weight excluding hydrogens is 584 g/mol. The second kappa shape index (κ2) is 15.1. The summed E-state index contributed by atoms with van der Waals surface area (Å²) in [5.41, 5.74) is 3.63. The van der Waals surface area contributed by atoms with E-state index in [2.05, 4.69) is 38.2 Å². The second-order valence-electron chi connectivity index (χ2n) is 9.22. The van der Waals surface area contributed by atoms with Crippen molar-refractivity contribution in [3.63, 3.8) is 0 Å². The largest absolute Gasteiger partial charge is 0.423 e. The molecule has 0 aliphatic carbocycles. The second-order valence-corrected chi connectivity index (χ2v) is 9.22. The number of hydrogen-bond donors (Lipinski definition) is 0. The van der Waals surface area contributed by atoms with Crippen LogP contribution in [-0.2, 0) is 19.2 Å². The average molecular weight is 611 g/mol. The number of carbonyl (C=O) groups is 4. The molecule has 0 amide bonds. The van der Waals surface area contributed by atoms with Crippen LogP contribution < -0.4 is 18.9 Å². The van der Waals surface area contributed by atoms with Crippen LogP contribution in [0.15, 0.2) is 136 Å². The highest BCUT2D eigenvalue weighted by Crippen LogP contribution is 2.37. The van der Waals surface area contributed by atoms with Crippen LogP contribution in [0.25, 0.3) is 22.3 Å². The lowest BCUT2D eigenvalue weighted by Crippen LogP contribution is -2.08. The molecule has 0 saturated heterocycles. The molecule has 0 fully saturated rings. The van der Waals surface area contributed by atoms with E-state index in [-0.39, 0.29) is 17.1 Å². The van der Waals surface area contributed by atoms with Gasteiger partial charge in [-0.05, 0) is 59.2 Å². The molecule has 0 aliphatic rings. The maximum Gasteiger partial charge on any atom is 0.335 e. The Kier molecular flexibility index (Phi) is 10.6. The van der Waals surface area contributed by atoms with Gasteiger partial charge in [-0.15, -0.1) is 0 Å². The molecule has 0 aliphatic heterocycles. The van der Waals surface area contributed by atoms with Gasteiger partial charge >= 0.3 is 23.9 Å². The Morgan fingerprint density at radius 3 is 1.39 bits per heavy atom. The number of carbonyl (C=O) groups excluding carboxylic acids is 4. The molecule has 0 heterocycles. The third-order valence-corrected chi connectivity index (χ3v) is 6.19. The van der Waals surface area contributed by atoms with Gasteiger partial charge in [0.25, 0.3) is 0 Å². The van der Waals surface area contributed by atoms with Crippen molar-refractivity contribution in [3.05, 3.63) is 147 Å². The minimum Gasteiger partial charge on any atom is -0.423 e. The number of ether oxygens (including phenoxy) is 4. The first-order valence-corrected chi connectivity index (χ1v) is 13.6. The maximum atomic E-state index is 12.3. The van der Waals surface area contributed by atoms with Crippen LogP contribution in [0.3, 0.4) is 0 Å². The van der Waals surface area contributed by atoms with Crippen molar-refractivity contribution in [1.82, 2.24) is 0 Å². The van der Waals surface area contributed by atoms with Crippen LogP contribution >= 0.6 is 0 Å². The summed E-state index contributed by atoms with van der Waals surface area (Å²) >= 11 is 0. The van der Waals surface area contributed by atoms with Gasteiger partial charge in [0, 0.05) is 41.5 Å². The van der Waals surface area contributed by atoms with Crippen molar-refractivity contribution in [2.75, 3.05) is 0 Å². The average Bonchev–Trinajstić information content (AvgIpc) is 3.08. The third kappa shape index (κ3) is 8.43. The van der Waals surface area contributed by atoms with Crippen LogP contribution in [0.4, 0.5) is 0 Å². The molecule has 0 spiro atoms. The van der Waals surface area contributed by atoms with E-state index in [4.69, 9.17) is 18.9 Å². The molecule has 0 atom stereocenters. The first-order chi connectivity index (χ1) is 22.2. The minimum absolute atomic E-state index is 0.107. The molecule has 4 aromatic carbocycles. The van der Waals surface area contributed by atoms with E-state index < -0.39 is 23.9 Å². The first-order valence-electron chi connectivity index (χ1n) is 13.6. The molecule has 8 heteroatoms. The lowest BCUT2D eigenvalue weighted by atomic mass is 9.98. The summed E-state index contributed by atoms with van der Waals surface area (Å²) in [6.07, 6.45) is 4.19. The molecule has 8 nitrogen and oxygen atoms in total. The summed E-state index contributed by atoms with van der Waals surface area (Å²) in [7, 11) is 0. The Balaban J connectivity index is 1.72. The fraction of sp³-hybridized carbons (Fsp3) is 0.